The average molecular weight is 341 g/mol. The molecule has 9 heteroatoms. The number of hydrogen-bond donors (Lipinski definition) is 2. The number of benzene rings is 1. The van der Waals surface area contributed by atoms with E-state index in [1.165, 1.54) is 17.8 Å². The van der Waals surface area contributed by atoms with E-state index >= 15 is 0 Å². The lowest BCUT2D eigenvalue weighted by atomic mass is 10.1. The van der Waals surface area contributed by atoms with Gasteiger partial charge in [0.2, 0.25) is 0 Å². The Hall–Kier alpha value is -2.84. The molecule has 0 saturated heterocycles. The molecule has 24 heavy (non-hydrogen) atoms. The second-order valence-electron chi connectivity index (χ2n) is 5.09. The molecular weight excluding hydrogens is 327 g/mol. The van der Waals surface area contributed by atoms with Gasteiger partial charge in [0.15, 0.2) is 0 Å². The lowest BCUT2D eigenvalue weighted by Gasteiger charge is -2.14. The molecule has 2 rings (SSSR count). The Kier molecular flexibility index (Phi) is 5.22. The van der Waals surface area contributed by atoms with Crippen molar-refractivity contribution in [1.82, 2.24) is 14.9 Å². The molecule has 2 N–H and O–H groups in total. The number of rotatable bonds is 6. The van der Waals surface area contributed by atoms with Crippen LogP contribution < -0.4 is 5.32 Å². The van der Waals surface area contributed by atoms with E-state index in [0.29, 0.717) is 6.54 Å². The predicted octanol–water partition coefficient (Wildman–Crippen LogP) is 1.61. The van der Waals surface area contributed by atoms with Crippen LogP contribution in [0.1, 0.15) is 11.3 Å². The molecule has 2 aromatic rings. The maximum atomic E-state index is 12.2. The van der Waals surface area contributed by atoms with Crippen LogP contribution in [0, 0.1) is 0 Å². The molecule has 1 heterocycles. The van der Waals surface area contributed by atoms with E-state index in [1.807, 2.05) is 30.3 Å². The SMILES string of the molecule is O=C(O)[C@H](Cc1cn(Cc2ccccc2)cn1)NC(=O)C(F)(F)F. The van der Waals surface area contributed by atoms with Crippen molar-refractivity contribution in [1.29, 1.82) is 0 Å². The number of amides is 1. The normalized spacial score (nSPS) is 12.6. The van der Waals surface area contributed by atoms with Crippen molar-refractivity contribution in [2.75, 3.05) is 0 Å². The molecule has 0 fully saturated rings. The molecule has 1 aromatic carbocycles. The summed E-state index contributed by atoms with van der Waals surface area (Å²) in [4.78, 5) is 25.9. The monoisotopic (exact) mass is 341 g/mol. The van der Waals surface area contributed by atoms with Gasteiger partial charge in [-0.15, -0.1) is 0 Å². The molecular formula is C15H14F3N3O3. The summed E-state index contributed by atoms with van der Waals surface area (Å²) in [5, 5.41) is 10.4. The highest BCUT2D eigenvalue weighted by molar-refractivity contribution is 5.87. The minimum Gasteiger partial charge on any atom is -0.480 e. The summed E-state index contributed by atoms with van der Waals surface area (Å²) < 4.78 is 38.4. The summed E-state index contributed by atoms with van der Waals surface area (Å²) in [6.07, 6.45) is -2.51. The van der Waals surface area contributed by atoms with Gasteiger partial charge in [0.05, 0.1) is 12.0 Å². The highest BCUT2D eigenvalue weighted by atomic mass is 19.4. The summed E-state index contributed by atoms with van der Waals surface area (Å²) in [5.41, 5.74) is 1.25. The Labute approximate surface area is 134 Å². The number of hydrogen-bond acceptors (Lipinski definition) is 3. The zero-order valence-electron chi connectivity index (χ0n) is 12.3. The van der Waals surface area contributed by atoms with Crippen molar-refractivity contribution in [3.63, 3.8) is 0 Å². The van der Waals surface area contributed by atoms with Crippen molar-refractivity contribution in [2.45, 2.75) is 25.2 Å². The number of imidazole rings is 1. The molecule has 1 atom stereocenters. The van der Waals surface area contributed by atoms with E-state index in [-0.39, 0.29) is 12.1 Å². The molecule has 0 aliphatic carbocycles. The first-order chi connectivity index (χ1) is 11.3. The Balaban J connectivity index is 2.03. The van der Waals surface area contributed by atoms with E-state index in [0.717, 1.165) is 5.56 Å². The number of halogens is 3. The van der Waals surface area contributed by atoms with E-state index in [2.05, 4.69) is 4.98 Å². The lowest BCUT2D eigenvalue weighted by molar-refractivity contribution is -0.175. The first-order valence-electron chi connectivity index (χ1n) is 6.91. The van der Waals surface area contributed by atoms with Gasteiger partial charge in [-0.25, -0.2) is 9.78 Å². The zero-order valence-corrected chi connectivity index (χ0v) is 12.3. The molecule has 0 aliphatic rings. The van der Waals surface area contributed by atoms with E-state index in [4.69, 9.17) is 5.11 Å². The van der Waals surface area contributed by atoms with Crippen LogP contribution in [-0.4, -0.2) is 38.8 Å². The Morgan fingerprint density at radius 1 is 1.25 bits per heavy atom. The number of nitrogens with zero attached hydrogens (tertiary/aromatic N) is 2. The highest BCUT2D eigenvalue weighted by Gasteiger charge is 2.40. The maximum Gasteiger partial charge on any atom is 0.471 e. The topological polar surface area (TPSA) is 84.2 Å². The average Bonchev–Trinajstić information content (AvgIpc) is 2.93. The first kappa shape index (κ1) is 17.5. The van der Waals surface area contributed by atoms with E-state index in [1.54, 1.807) is 4.57 Å². The molecule has 0 bridgehead atoms. The fraction of sp³-hybridized carbons (Fsp3) is 0.267. The summed E-state index contributed by atoms with van der Waals surface area (Å²) in [6.45, 7) is 0.487. The van der Waals surface area contributed by atoms with Gasteiger partial charge < -0.3 is 15.0 Å². The highest BCUT2D eigenvalue weighted by Crippen LogP contribution is 2.15. The fourth-order valence-electron chi connectivity index (χ4n) is 2.04. The summed E-state index contributed by atoms with van der Waals surface area (Å²) in [7, 11) is 0. The third-order valence-corrected chi connectivity index (χ3v) is 3.17. The van der Waals surface area contributed by atoms with Gasteiger partial charge in [0, 0.05) is 19.2 Å². The summed E-state index contributed by atoms with van der Waals surface area (Å²) in [6, 6.07) is 7.66. The zero-order chi connectivity index (χ0) is 17.7. The van der Waals surface area contributed by atoms with Gasteiger partial charge in [-0.2, -0.15) is 13.2 Å². The molecule has 0 spiro atoms. The van der Waals surface area contributed by atoms with Crippen molar-refractivity contribution >= 4 is 11.9 Å². The quantitative estimate of drug-likeness (QED) is 0.836. The molecule has 0 aliphatic heterocycles. The van der Waals surface area contributed by atoms with Crippen LogP contribution in [0.4, 0.5) is 13.2 Å². The molecule has 0 saturated carbocycles. The largest absolute Gasteiger partial charge is 0.480 e. The Morgan fingerprint density at radius 2 is 1.92 bits per heavy atom. The first-order valence-corrected chi connectivity index (χ1v) is 6.91. The van der Waals surface area contributed by atoms with Crippen LogP contribution in [0.25, 0.3) is 0 Å². The van der Waals surface area contributed by atoms with E-state index in [9.17, 15) is 22.8 Å². The maximum absolute atomic E-state index is 12.2. The number of nitrogens with one attached hydrogen (secondary N) is 1. The smallest absolute Gasteiger partial charge is 0.471 e. The van der Waals surface area contributed by atoms with Crippen molar-refractivity contribution in [2.24, 2.45) is 0 Å². The predicted molar refractivity (Wildman–Crippen MR) is 77.1 cm³/mol. The fourth-order valence-corrected chi connectivity index (χ4v) is 2.04. The standard InChI is InChI=1S/C15H14F3N3O3/c16-15(17,18)14(24)20-12(13(22)23)6-11-8-21(9-19-11)7-10-4-2-1-3-5-10/h1-5,8-9,12H,6-7H2,(H,20,24)(H,22,23)/t12-/m0/s1. The molecule has 0 unspecified atom stereocenters. The molecule has 128 valence electrons. The van der Waals surface area contributed by atoms with Gasteiger partial charge in [0.1, 0.15) is 6.04 Å². The Morgan fingerprint density at radius 3 is 2.50 bits per heavy atom. The van der Waals surface area contributed by atoms with Gasteiger partial charge in [-0.3, -0.25) is 4.79 Å². The second kappa shape index (κ2) is 7.16. The van der Waals surface area contributed by atoms with Crippen LogP contribution in [0.2, 0.25) is 0 Å². The van der Waals surface area contributed by atoms with Crippen molar-refractivity contribution in [3.05, 3.63) is 54.1 Å². The molecule has 6 nitrogen and oxygen atoms in total. The van der Waals surface area contributed by atoms with Crippen molar-refractivity contribution in [3.8, 4) is 0 Å². The second-order valence-corrected chi connectivity index (χ2v) is 5.09. The molecule has 0 radical (unpaired) electrons. The minimum atomic E-state index is -5.14. The number of carboxylic acids is 1. The third kappa shape index (κ3) is 4.83. The summed E-state index contributed by atoms with van der Waals surface area (Å²) in [5.74, 6) is -3.86. The number of aliphatic carboxylic acids is 1. The number of alkyl halides is 3. The van der Waals surface area contributed by atoms with Crippen molar-refractivity contribution < 1.29 is 27.9 Å². The summed E-state index contributed by atoms with van der Waals surface area (Å²) >= 11 is 0. The van der Waals surface area contributed by atoms with Crippen LogP contribution in [0.5, 0.6) is 0 Å². The number of carboxylic acid groups (broad SMARTS) is 1. The number of aromatic nitrogens is 2. The van der Waals surface area contributed by atoms with E-state index < -0.39 is 24.1 Å². The number of carbonyl (C=O) groups is 2. The minimum absolute atomic E-state index is 0.265. The van der Waals surface area contributed by atoms with Crippen LogP contribution in [-0.2, 0) is 22.6 Å². The number of carbonyl (C=O) groups excluding carboxylic acids is 1. The lowest BCUT2D eigenvalue weighted by Crippen LogP contribution is -2.47. The van der Waals surface area contributed by atoms with Gasteiger partial charge in [-0.05, 0) is 5.56 Å². The van der Waals surface area contributed by atoms with Gasteiger partial charge in [0.25, 0.3) is 0 Å². The molecule has 1 aromatic heterocycles. The van der Waals surface area contributed by atoms with Gasteiger partial charge in [-0.1, -0.05) is 30.3 Å². The Bertz CT molecular complexity index is 713. The van der Waals surface area contributed by atoms with Gasteiger partial charge >= 0.3 is 18.1 Å². The van der Waals surface area contributed by atoms with Crippen LogP contribution in [0.3, 0.4) is 0 Å². The van der Waals surface area contributed by atoms with Crippen LogP contribution in [0.15, 0.2) is 42.9 Å². The van der Waals surface area contributed by atoms with Crippen LogP contribution >= 0.6 is 0 Å². The molecule has 1 amide bonds. The third-order valence-electron chi connectivity index (χ3n) is 3.17.